The second-order valence-corrected chi connectivity index (χ2v) is 10.4. The second kappa shape index (κ2) is 10.1. The van der Waals surface area contributed by atoms with Gasteiger partial charge in [0, 0.05) is 17.3 Å². The molecular formula is C27H22N4O2S2. The normalized spacial score (nSPS) is 11.3. The van der Waals surface area contributed by atoms with Crippen LogP contribution in [0.25, 0.3) is 0 Å². The molecule has 0 radical (unpaired) electrons. The van der Waals surface area contributed by atoms with Crippen LogP contribution in [0.5, 0.6) is 0 Å². The molecule has 0 unspecified atom stereocenters. The molecule has 3 aromatic carbocycles. The predicted octanol–water partition coefficient (Wildman–Crippen LogP) is 6.26. The molecule has 6 nitrogen and oxygen atoms in total. The van der Waals surface area contributed by atoms with Crippen LogP contribution in [0, 0.1) is 0 Å². The molecular weight excluding hydrogens is 476 g/mol. The van der Waals surface area contributed by atoms with Crippen molar-refractivity contribution < 1.29 is 8.42 Å². The van der Waals surface area contributed by atoms with Gasteiger partial charge >= 0.3 is 0 Å². The highest BCUT2D eigenvalue weighted by Gasteiger charge is 2.19. The van der Waals surface area contributed by atoms with Gasteiger partial charge in [-0.2, -0.15) is 0 Å². The van der Waals surface area contributed by atoms with Gasteiger partial charge in [-0.3, -0.25) is 4.72 Å². The summed E-state index contributed by atoms with van der Waals surface area (Å²) < 4.78 is 27.6. The van der Waals surface area contributed by atoms with Crippen LogP contribution in [0.4, 0.5) is 16.6 Å². The first-order valence-electron chi connectivity index (χ1n) is 10.9. The van der Waals surface area contributed by atoms with Crippen LogP contribution in [0.3, 0.4) is 0 Å². The van der Waals surface area contributed by atoms with E-state index in [1.807, 2.05) is 54.6 Å². The van der Waals surface area contributed by atoms with Gasteiger partial charge in [0.2, 0.25) is 0 Å². The van der Waals surface area contributed by atoms with Crippen molar-refractivity contribution in [2.45, 2.75) is 10.8 Å². The molecule has 0 saturated heterocycles. The Balaban J connectivity index is 1.39. The third-order valence-corrected chi connectivity index (χ3v) is 7.60. The van der Waals surface area contributed by atoms with Crippen LogP contribution in [-0.2, 0) is 10.0 Å². The van der Waals surface area contributed by atoms with E-state index in [0.29, 0.717) is 10.9 Å². The van der Waals surface area contributed by atoms with Crippen LogP contribution < -0.4 is 10.0 Å². The van der Waals surface area contributed by atoms with Crippen molar-refractivity contribution in [1.82, 2.24) is 9.97 Å². The molecule has 5 aromatic rings. The number of aromatic nitrogens is 2. The van der Waals surface area contributed by atoms with E-state index in [-0.39, 0.29) is 10.8 Å². The standard InChI is InChI=1S/C27H22N4O2S2/c32-35(33,31-27-28-18-19-34-27)23-16-14-22(15-17-23)29-25-13-7-12-24(30-25)26(20-8-3-1-4-9-20)21-10-5-2-6-11-21/h1-19,26H,(H,28,31)(H,29,30). The number of anilines is 3. The Morgan fingerprint density at radius 3 is 2.00 bits per heavy atom. The predicted molar refractivity (Wildman–Crippen MR) is 141 cm³/mol. The van der Waals surface area contributed by atoms with E-state index >= 15 is 0 Å². The highest BCUT2D eigenvalue weighted by molar-refractivity contribution is 7.93. The van der Waals surface area contributed by atoms with Crippen molar-refractivity contribution in [3.63, 3.8) is 0 Å². The number of rotatable bonds is 8. The van der Waals surface area contributed by atoms with Gasteiger partial charge in [0.25, 0.3) is 10.0 Å². The quantitative estimate of drug-likeness (QED) is 0.264. The lowest BCUT2D eigenvalue weighted by atomic mass is 9.88. The van der Waals surface area contributed by atoms with Gasteiger partial charge in [-0.1, -0.05) is 66.7 Å². The Kier molecular flexibility index (Phi) is 6.56. The molecule has 0 atom stereocenters. The molecule has 0 amide bonds. The summed E-state index contributed by atoms with van der Waals surface area (Å²) >= 11 is 1.23. The molecule has 2 N–H and O–H groups in total. The molecule has 8 heteroatoms. The van der Waals surface area contributed by atoms with E-state index in [1.165, 1.54) is 11.3 Å². The number of hydrogen-bond donors (Lipinski definition) is 2. The molecule has 2 heterocycles. The summed E-state index contributed by atoms with van der Waals surface area (Å²) in [5, 5.41) is 5.34. The molecule has 0 aliphatic carbocycles. The first-order chi connectivity index (χ1) is 17.1. The fraction of sp³-hybridized carbons (Fsp3) is 0.0370. The summed E-state index contributed by atoms with van der Waals surface area (Å²) in [6.45, 7) is 0. The fourth-order valence-corrected chi connectivity index (χ4v) is 5.61. The van der Waals surface area contributed by atoms with Crippen molar-refractivity contribution >= 4 is 38.0 Å². The van der Waals surface area contributed by atoms with Gasteiger partial charge in [-0.25, -0.2) is 18.4 Å². The molecule has 0 aliphatic rings. The molecule has 174 valence electrons. The van der Waals surface area contributed by atoms with Crippen LogP contribution in [0.2, 0.25) is 0 Å². The van der Waals surface area contributed by atoms with E-state index in [1.54, 1.807) is 35.8 Å². The Labute approximate surface area is 208 Å². The maximum atomic E-state index is 12.6. The summed E-state index contributed by atoms with van der Waals surface area (Å²) in [6.07, 6.45) is 1.55. The van der Waals surface area contributed by atoms with Crippen LogP contribution in [-0.4, -0.2) is 18.4 Å². The minimum Gasteiger partial charge on any atom is -0.340 e. The van der Waals surface area contributed by atoms with E-state index in [4.69, 9.17) is 4.98 Å². The summed E-state index contributed by atoms with van der Waals surface area (Å²) in [5.41, 5.74) is 3.97. The lowest BCUT2D eigenvalue weighted by molar-refractivity contribution is 0.601. The first kappa shape index (κ1) is 22.8. The van der Waals surface area contributed by atoms with Gasteiger partial charge in [0.05, 0.1) is 16.5 Å². The molecule has 35 heavy (non-hydrogen) atoms. The number of nitrogens with zero attached hydrogens (tertiary/aromatic N) is 2. The van der Waals surface area contributed by atoms with Gasteiger partial charge < -0.3 is 5.32 Å². The molecule has 0 bridgehead atoms. The summed E-state index contributed by atoms with van der Waals surface area (Å²) in [7, 11) is -3.70. The average molecular weight is 499 g/mol. The van der Waals surface area contributed by atoms with Gasteiger partial charge in [0.1, 0.15) is 5.82 Å². The number of pyridine rings is 1. The Hall–Kier alpha value is -4.01. The SMILES string of the molecule is O=S(=O)(Nc1nccs1)c1ccc(Nc2cccc(C(c3ccccc3)c3ccccc3)n2)cc1. The smallest absolute Gasteiger partial charge is 0.263 e. The topological polar surface area (TPSA) is 84.0 Å². The summed E-state index contributed by atoms with van der Waals surface area (Å²) in [6, 6.07) is 33.0. The van der Waals surface area contributed by atoms with E-state index < -0.39 is 10.0 Å². The summed E-state index contributed by atoms with van der Waals surface area (Å²) in [5.74, 6) is 0.666. The fourth-order valence-electron chi connectivity index (χ4n) is 3.82. The zero-order chi connectivity index (χ0) is 24.1. The van der Waals surface area contributed by atoms with E-state index in [0.717, 1.165) is 22.5 Å². The van der Waals surface area contributed by atoms with Crippen molar-refractivity contribution in [2.75, 3.05) is 10.0 Å². The second-order valence-electron chi connectivity index (χ2n) is 7.79. The molecule has 2 aromatic heterocycles. The van der Waals surface area contributed by atoms with Crippen molar-refractivity contribution in [3.05, 3.63) is 132 Å². The maximum Gasteiger partial charge on any atom is 0.263 e. The summed E-state index contributed by atoms with van der Waals surface area (Å²) in [4.78, 5) is 9.03. The van der Waals surface area contributed by atoms with Crippen molar-refractivity contribution in [2.24, 2.45) is 0 Å². The Morgan fingerprint density at radius 1 is 0.743 bits per heavy atom. The van der Waals surface area contributed by atoms with Gasteiger partial charge in [0.15, 0.2) is 5.13 Å². The van der Waals surface area contributed by atoms with Crippen molar-refractivity contribution in [3.8, 4) is 0 Å². The Morgan fingerprint density at radius 2 is 1.40 bits per heavy atom. The van der Waals surface area contributed by atoms with Crippen LogP contribution in [0.15, 0.2) is 120 Å². The zero-order valence-corrected chi connectivity index (χ0v) is 20.2. The minimum absolute atomic E-state index is 0.0106. The van der Waals surface area contributed by atoms with Gasteiger partial charge in [-0.05, 0) is 47.5 Å². The molecule has 0 aliphatic heterocycles. The number of hydrogen-bond acceptors (Lipinski definition) is 6. The largest absolute Gasteiger partial charge is 0.340 e. The highest BCUT2D eigenvalue weighted by atomic mass is 32.2. The highest BCUT2D eigenvalue weighted by Crippen LogP contribution is 2.31. The Bertz CT molecular complexity index is 1450. The lowest BCUT2D eigenvalue weighted by Gasteiger charge is -2.19. The first-order valence-corrected chi connectivity index (χ1v) is 13.3. The monoisotopic (exact) mass is 498 g/mol. The van der Waals surface area contributed by atoms with E-state index in [2.05, 4.69) is 39.3 Å². The van der Waals surface area contributed by atoms with Crippen LogP contribution >= 0.6 is 11.3 Å². The third-order valence-electron chi connectivity index (χ3n) is 5.42. The molecule has 0 fully saturated rings. The zero-order valence-electron chi connectivity index (χ0n) is 18.6. The number of nitrogens with one attached hydrogen (secondary N) is 2. The number of thiazole rings is 1. The average Bonchev–Trinajstić information content (AvgIpc) is 3.39. The number of sulfonamides is 1. The molecule has 5 rings (SSSR count). The lowest BCUT2D eigenvalue weighted by Crippen LogP contribution is -2.12. The maximum absolute atomic E-state index is 12.6. The molecule has 0 spiro atoms. The van der Waals surface area contributed by atoms with Crippen molar-refractivity contribution in [1.29, 1.82) is 0 Å². The van der Waals surface area contributed by atoms with E-state index in [9.17, 15) is 8.42 Å². The van der Waals surface area contributed by atoms with Crippen LogP contribution in [0.1, 0.15) is 22.7 Å². The minimum atomic E-state index is -3.70. The third kappa shape index (κ3) is 5.40. The molecule has 0 saturated carbocycles. The number of benzene rings is 3. The van der Waals surface area contributed by atoms with Gasteiger partial charge in [-0.15, -0.1) is 11.3 Å².